The van der Waals surface area contributed by atoms with Crippen LogP contribution in [0.1, 0.15) is 202 Å². The molecule has 0 unspecified atom stereocenters. The average molecular weight is 885 g/mol. The van der Waals surface area contributed by atoms with Crippen molar-refractivity contribution in [1.82, 2.24) is 8.75 Å². The Morgan fingerprint density at radius 3 is 1.48 bits per heavy atom. The molecule has 62 heavy (non-hydrogen) atoms. The summed E-state index contributed by atoms with van der Waals surface area (Å²) in [4.78, 5) is 5.76. The van der Waals surface area contributed by atoms with Crippen molar-refractivity contribution in [3.8, 4) is 42.4 Å². The van der Waals surface area contributed by atoms with E-state index in [9.17, 15) is 0 Å². The van der Waals surface area contributed by atoms with Gasteiger partial charge in [-0.25, -0.2) is 0 Å². The monoisotopic (exact) mass is 885 g/mol. The molecule has 0 amide bonds. The lowest BCUT2D eigenvalue weighted by Gasteiger charge is -2.33. The number of thiophene rings is 2. The third-order valence-corrected chi connectivity index (χ3v) is 17.0. The Bertz CT molecular complexity index is 2300. The largest absolute Gasteiger partial charge is 0.173 e. The summed E-state index contributed by atoms with van der Waals surface area (Å²) in [5.74, 6) is 0. The van der Waals surface area contributed by atoms with Crippen LogP contribution in [0.3, 0.4) is 0 Å². The topological polar surface area (TPSA) is 25.8 Å². The first-order valence-corrected chi connectivity index (χ1v) is 27.5. The Labute approximate surface area is 388 Å². The number of nitrogens with zero attached hydrogens (tertiary/aromatic N) is 2. The van der Waals surface area contributed by atoms with E-state index in [0.29, 0.717) is 0 Å². The lowest BCUT2D eigenvalue weighted by atomic mass is 9.70. The van der Waals surface area contributed by atoms with Gasteiger partial charge in [-0.1, -0.05) is 180 Å². The van der Waals surface area contributed by atoms with E-state index in [-0.39, 0.29) is 5.41 Å². The van der Waals surface area contributed by atoms with Gasteiger partial charge >= 0.3 is 0 Å². The second kappa shape index (κ2) is 23.2. The van der Waals surface area contributed by atoms with Crippen LogP contribution in [0.2, 0.25) is 0 Å². The van der Waals surface area contributed by atoms with E-state index in [1.165, 1.54) is 218 Å². The number of aryl methyl sites for hydroxylation is 4. The minimum atomic E-state index is 0.0244. The highest BCUT2D eigenvalue weighted by atomic mass is 32.1. The highest BCUT2D eigenvalue weighted by molar-refractivity contribution is 7.19. The van der Waals surface area contributed by atoms with E-state index in [4.69, 9.17) is 8.75 Å². The molecule has 5 heteroatoms. The first-order valence-electron chi connectivity index (χ1n) is 25.2. The van der Waals surface area contributed by atoms with Gasteiger partial charge in [-0.15, -0.1) is 22.7 Å². The summed E-state index contributed by atoms with van der Waals surface area (Å²) in [6, 6.07) is 25.0. The maximum atomic E-state index is 4.84. The fourth-order valence-electron chi connectivity index (χ4n) is 10.5. The molecule has 0 saturated carbocycles. The maximum absolute atomic E-state index is 4.84. The molecule has 7 rings (SSSR count). The van der Waals surface area contributed by atoms with Gasteiger partial charge in [0.15, 0.2) is 0 Å². The molecule has 1 aliphatic carbocycles. The summed E-state index contributed by atoms with van der Waals surface area (Å²) < 4.78 is 9.56. The first kappa shape index (κ1) is 46.9. The second-order valence-electron chi connectivity index (χ2n) is 18.8. The lowest BCUT2D eigenvalue weighted by Crippen LogP contribution is -2.25. The quantitative estimate of drug-likeness (QED) is 0.0482. The molecule has 0 atom stereocenters. The molecule has 0 aliphatic heterocycles. The van der Waals surface area contributed by atoms with Gasteiger partial charge in [0.1, 0.15) is 11.0 Å². The predicted molar refractivity (Wildman–Crippen MR) is 277 cm³/mol. The lowest BCUT2D eigenvalue weighted by molar-refractivity contribution is 0.398. The van der Waals surface area contributed by atoms with E-state index >= 15 is 0 Å². The van der Waals surface area contributed by atoms with Crippen LogP contribution in [0, 0.1) is 13.8 Å². The number of unbranched alkanes of at least 4 members (excludes halogenated alkanes) is 16. The summed E-state index contributed by atoms with van der Waals surface area (Å²) in [6.45, 7) is 13.8. The van der Waals surface area contributed by atoms with Crippen LogP contribution < -0.4 is 0 Å². The summed E-state index contributed by atoms with van der Waals surface area (Å²) in [5, 5.41) is 0. The van der Waals surface area contributed by atoms with Crippen LogP contribution in [-0.2, 0) is 18.3 Å². The van der Waals surface area contributed by atoms with E-state index < -0.39 is 0 Å². The fourth-order valence-corrected chi connectivity index (χ4v) is 13.4. The van der Waals surface area contributed by atoms with Crippen LogP contribution in [-0.4, -0.2) is 8.75 Å². The molecule has 2 nitrogen and oxygen atoms in total. The molecule has 0 radical (unpaired) electrons. The zero-order chi connectivity index (χ0) is 43.3. The highest BCUT2D eigenvalue weighted by Crippen LogP contribution is 2.57. The number of benzene rings is 3. The van der Waals surface area contributed by atoms with Gasteiger partial charge in [0.05, 0.1) is 11.7 Å². The number of fused-ring (bicyclic) bond motifs is 4. The zero-order valence-corrected chi connectivity index (χ0v) is 41.8. The second-order valence-corrected chi connectivity index (χ2v) is 21.7. The van der Waals surface area contributed by atoms with Crippen molar-refractivity contribution in [2.45, 2.75) is 201 Å². The SMILES string of the molecule is CCCCCCCCC1(CCCCCCCC)c2cc(-c3sc(C)cc3CCCCCC)ccc2-c2ccc(-c3sc(-c4ccc(C)c5nsnc45)cc3CCCCCC)cc21. The summed E-state index contributed by atoms with van der Waals surface area (Å²) >= 11 is 5.36. The van der Waals surface area contributed by atoms with E-state index in [1.54, 1.807) is 16.7 Å². The van der Waals surface area contributed by atoms with Crippen molar-refractivity contribution < 1.29 is 0 Å². The van der Waals surface area contributed by atoms with Gasteiger partial charge in [-0.2, -0.15) is 8.75 Å². The van der Waals surface area contributed by atoms with Gasteiger partial charge < -0.3 is 0 Å². The van der Waals surface area contributed by atoms with Crippen LogP contribution in [0.4, 0.5) is 0 Å². The van der Waals surface area contributed by atoms with Gasteiger partial charge in [0.25, 0.3) is 0 Å². The van der Waals surface area contributed by atoms with Crippen molar-refractivity contribution in [2.24, 2.45) is 0 Å². The molecular weight excluding hydrogens is 809 g/mol. The maximum Gasteiger partial charge on any atom is 0.113 e. The number of aromatic nitrogens is 2. The Morgan fingerprint density at radius 2 is 0.919 bits per heavy atom. The number of hydrogen-bond donors (Lipinski definition) is 0. The van der Waals surface area contributed by atoms with Gasteiger partial charge in [-0.05, 0) is 127 Å². The first-order chi connectivity index (χ1) is 30.4. The van der Waals surface area contributed by atoms with Crippen LogP contribution in [0.25, 0.3) is 53.5 Å². The standard InChI is InChI=1S/C57H76N2S3/c1-7-11-15-19-21-25-35-57(36-26-22-20-16-12-8-2)50-38-45(55-43(37-42(6)60-55)27-23-17-13-9-3)30-33-47(50)48-34-31-46(39-51(48)57)56-44(28-24-18-14-10-4)40-52(61-56)49-32-29-41(5)53-54(49)59-62-58-53/h29-34,37-40H,7-28,35-36H2,1-6H3. The predicted octanol–water partition coefficient (Wildman–Crippen LogP) is 19.4. The molecular formula is C57H76N2S3. The summed E-state index contributed by atoms with van der Waals surface area (Å²) in [7, 11) is 0. The summed E-state index contributed by atoms with van der Waals surface area (Å²) in [6.07, 6.45) is 31.2. The van der Waals surface area contributed by atoms with E-state index in [2.05, 4.69) is 102 Å². The van der Waals surface area contributed by atoms with Crippen LogP contribution in [0.5, 0.6) is 0 Å². The van der Waals surface area contributed by atoms with Crippen molar-refractivity contribution in [2.75, 3.05) is 0 Å². The fraction of sp³-hybridized carbons (Fsp3) is 0.544. The molecule has 3 heterocycles. The minimum absolute atomic E-state index is 0.0244. The molecule has 6 aromatic rings. The Kier molecular flexibility index (Phi) is 17.5. The molecule has 1 aliphatic rings. The van der Waals surface area contributed by atoms with Crippen molar-refractivity contribution in [3.63, 3.8) is 0 Å². The average Bonchev–Trinajstić information content (AvgIpc) is 4.08. The van der Waals surface area contributed by atoms with E-state index in [1.807, 2.05) is 22.7 Å². The number of hydrogen-bond acceptors (Lipinski definition) is 5. The smallest absolute Gasteiger partial charge is 0.113 e. The molecule has 0 saturated heterocycles. The normalized spacial score (nSPS) is 13.1. The van der Waals surface area contributed by atoms with Gasteiger partial charge in [0.2, 0.25) is 0 Å². The highest BCUT2D eigenvalue weighted by Gasteiger charge is 2.43. The molecule has 332 valence electrons. The zero-order valence-electron chi connectivity index (χ0n) is 39.4. The van der Waals surface area contributed by atoms with Gasteiger partial charge in [-0.3, -0.25) is 0 Å². The van der Waals surface area contributed by atoms with Crippen LogP contribution in [0.15, 0.2) is 60.7 Å². The third kappa shape index (κ3) is 10.9. The van der Waals surface area contributed by atoms with Crippen molar-refractivity contribution in [1.29, 1.82) is 0 Å². The Balaban J connectivity index is 1.33. The van der Waals surface area contributed by atoms with Crippen molar-refractivity contribution in [3.05, 3.63) is 93.4 Å². The van der Waals surface area contributed by atoms with Crippen molar-refractivity contribution >= 4 is 45.4 Å². The molecule has 3 aromatic heterocycles. The molecule has 0 N–H and O–H groups in total. The minimum Gasteiger partial charge on any atom is -0.173 e. The van der Waals surface area contributed by atoms with Crippen LogP contribution >= 0.6 is 34.4 Å². The molecule has 0 bridgehead atoms. The Morgan fingerprint density at radius 1 is 0.452 bits per heavy atom. The molecule has 0 fully saturated rings. The summed E-state index contributed by atoms with van der Waals surface area (Å²) in [5.41, 5.74) is 16.7. The Hall–Kier alpha value is -3.12. The van der Waals surface area contributed by atoms with E-state index in [0.717, 1.165) is 17.5 Å². The third-order valence-electron chi connectivity index (χ3n) is 14.0. The molecule has 0 spiro atoms. The van der Waals surface area contributed by atoms with Gasteiger partial charge in [0, 0.05) is 30.5 Å². The number of rotatable bonds is 27. The molecule has 3 aromatic carbocycles.